The maximum Gasteiger partial charge on any atom is 0.471 e. The molecule has 2 aliphatic rings. The molecule has 1 amide bonds. The monoisotopic (exact) mass is 656 g/mol. The second-order valence-electron chi connectivity index (χ2n) is 10.6. The van der Waals surface area contributed by atoms with E-state index in [0.717, 1.165) is 23.2 Å². The first-order valence-corrected chi connectivity index (χ1v) is 14.7. The normalized spacial score (nSPS) is 19.2. The molecule has 1 fully saturated rings. The van der Waals surface area contributed by atoms with E-state index in [0.29, 0.717) is 11.6 Å². The van der Waals surface area contributed by atoms with Crippen molar-refractivity contribution in [2.24, 2.45) is 5.73 Å². The van der Waals surface area contributed by atoms with Crippen LogP contribution in [0.4, 0.5) is 36.4 Å². The molecule has 0 bridgehead atoms. The Morgan fingerprint density at radius 1 is 1.02 bits per heavy atom. The number of hydrogen-bond acceptors (Lipinski definition) is 9. The highest BCUT2D eigenvalue weighted by atomic mass is 32.2. The summed E-state index contributed by atoms with van der Waals surface area (Å²) in [6.07, 6.45) is -8.91. The van der Waals surface area contributed by atoms with Crippen LogP contribution in [0.1, 0.15) is 30.0 Å². The zero-order valence-corrected chi connectivity index (χ0v) is 23.3. The van der Waals surface area contributed by atoms with Gasteiger partial charge in [-0.2, -0.15) is 41.5 Å². The minimum atomic E-state index is -4.85. The van der Waals surface area contributed by atoms with Crippen LogP contribution in [-0.2, 0) is 32.8 Å². The van der Waals surface area contributed by atoms with Crippen LogP contribution in [0, 0.1) is 5.82 Å². The average molecular weight is 657 g/mol. The minimum absolute atomic E-state index is 0.128. The van der Waals surface area contributed by atoms with Gasteiger partial charge in [0.2, 0.25) is 11.7 Å². The Labute approximate surface area is 249 Å². The number of carbonyl (C=O) groups is 1. The van der Waals surface area contributed by atoms with Crippen molar-refractivity contribution in [1.82, 2.24) is 20.3 Å². The number of fused-ring (bicyclic) bond motifs is 1. The van der Waals surface area contributed by atoms with Gasteiger partial charge in [-0.05, 0) is 36.6 Å². The van der Waals surface area contributed by atoms with E-state index in [-0.39, 0.29) is 47.6 Å². The van der Waals surface area contributed by atoms with Crippen LogP contribution in [0.3, 0.4) is 0 Å². The highest BCUT2D eigenvalue weighted by Crippen LogP contribution is 2.58. The number of nitrogens with two attached hydrogens (primary N) is 1. The number of anilines is 1. The third-order valence-corrected chi connectivity index (χ3v) is 9.42. The van der Waals surface area contributed by atoms with E-state index in [1.807, 2.05) is 0 Å². The summed E-state index contributed by atoms with van der Waals surface area (Å²) in [7, 11) is -4.32. The van der Waals surface area contributed by atoms with Crippen LogP contribution in [-0.4, -0.2) is 52.6 Å². The zero-order valence-electron chi connectivity index (χ0n) is 22.5. The van der Waals surface area contributed by atoms with E-state index in [1.54, 1.807) is 0 Å². The van der Waals surface area contributed by atoms with Crippen LogP contribution >= 0.6 is 0 Å². The smallest absolute Gasteiger partial charge is 0.329 e. The van der Waals surface area contributed by atoms with Gasteiger partial charge in [-0.3, -0.25) is 4.79 Å². The van der Waals surface area contributed by atoms with E-state index < -0.39 is 67.6 Å². The van der Waals surface area contributed by atoms with Crippen molar-refractivity contribution in [3.63, 3.8) is 0 Å². The molecule has 1 saturated carbocycles. The lowest BCUT2D eigenvalue weighted by Crippen LogP contribution is -2.45. The molecule has 0 unspecified atom stereocenters. The van der Waals surface area contributed by atoms with E-state index in [1.165, 1.54) is 24.3 Å². The van der Waals surface area contributed by atoms with E-state index in [4.69, 9.17) is 5.73 Å². The summed E-state index contributed by atoms with van der Waals surface area (Å²) in [5.74, 6) is -4.70. The van der Waals surface area contributed by atoms with Gasteiger partial charge < -0.3 is 15.2 Å². The van der Waals surface area contributed by atoms with E-state index in [2.05, 4.69) is 24.9 Å². The quantitative estimate of drug-likeness (QED) is 0.305. The van der Waals surface area contributed by atoms with Gasteiger partial charge in [0.1, 0.15) is 11.2 Å². The van der Waals surface area contributed by atoms with E-state index >= 15 is 4.39 Å². The highest BCUT2D eigenvalue weighted by Gasteiger charge is 2.65. The van der Waals surface area contributed by atoms with Crippen LogP contribution < -0.4 is 10.6 Å². The number of nitrogens with zero attached hydrogens (tertiary/aromatic N) is 5. The largest absolute Gasteiger partial charge is 0.471 e. The SMILES string of the molecule is N[C@H]1CS(=O)(=O)c2cc(F)c(-c3cnnc(C4(C(F)(F)F)CC4)c3)cc2N(Cc2ccc(-c3noc(C(F)(F)F)n3)cc2)C1=O. The van der Waals surface area contributed by atoms with Gasteiger partial charge in [0.15, 0.2) is 9.84 Å². The lowest BCUT2D eigenvalue weighted by molar-refractivity contribution is -0.161. The highest BCUT2D eigenvalue weighted by molar-refractivity contribution is 7.91. The third-order valence-electron chi connectivity index (χ3n) is 7.63. The number of carbonyl (C=O) groups excluding carboxylic acids is 1. The van der Waals surface area contributed by atoms with Gasteiger partial charge in [0, 0.05) is 16.7 Å². The number of benzene rings is 2. The van der Waals surface area contributed by atoms with Crippen molar-refractivity contribution in [3.8, 4) is 22.5 Å². The second kappa shape index (κ2) is 10.3. The number of alkyl halides is 6. The number of sulfone groups is 1. The first-order chi connectivity index (χ1) is 21.0. The first-order valence-electron chi connectivity index (χ1n) is 13.0. The summed E-state index contributed by atoms with van der Waals surface area (Å²) >= 11 is 0. The molecule has 1 aliphatic carbocycles. The molecule has 45 heavy (non-hydrogen) atoms. The van der Waals surface area contributed by atoms with Crippen LogP contribution in [0.2, 0.25) is 0 Å². The second-order valence-corrected chi connectivity index (χ2v) is 12.6. The van der Waals surface area contributed by atoms with Crippen molar-refractivity contribution in [2.45, 2.75) is 48.1 Å². The molecule has 2 aromatic heterocycles. The summed E-state index contributed by atoms with van der Waals surface area (Å²) in [4.78, 5) is 17.1. The fraction of sp³-hybridized carbons (Fsp3) is 0.296. The van der Waals surface area contributed by atoms with Crippen molar-refractivity contribution in [1.29, 1.82) is 0 Å². The lowest BCUT2D eigenvalue weighted by atomic mass is 9.97. The van der Waals surface area contributed by atoms with Crippen molar-refractivity contribution < 1.29 is 48.5 Å². The van der Waals surface area contributed by atoms with E-state index in [9.17, 15) is 39.6 Å². The van der Waals surface area contributed by atoms with Gasteiger partial charge in [0.05, 0.1) is 40.8 Å². The molecule has 0 spiro atoms. The molecule has 2 N–H and O–H groups in total. The number of aromatic nitrogens is 4. The molecule has 1 atom stereocenters. The molecule has 10 nitrogen and oxygen atoms in total. The van der Waals surface area contributed by atoms with Gasteiger partial charge in [-0.15, -0.1) is 0 Å². The predicted octanol–water partition coefficient (Wildman–Crippen LogP) is 4.59. The lowest BCUT2D eigenvalue weighted by Gasteiger charge is -2.25. The molecule has 0 radical (unpaired) electrons. The zero-order chi connectivity index (χ0) is 32.5. The van der Waals surface area contributed by atoms with Gasteiger partial charge in [0.25, 0.3) is 0 Å². The third kappa shape index (κ3) is 5.41. The molecule has 18 heteroatoms. The first kappa shape index (κ1) is 30.6. The Morgan fingerprint density at radius 3 is 2.31 bits per heavy atom. The molecule has 0 saturated heterocycles. The topological polar surface area (TPSA) is 145 Å². The maximum atomic E-state index is 15.5. The average Bonchev–Trinajstić information content (AvgIpc) is 3.66. The molecule has 4 aromatic rings. The van der Waals surface area contributed by atoms with Gasteiger partial charge in [-0.25, -0.2) is 12.8 Å². The molecular weight excluding hydrogens is 637 g/mol. The van der Waals surface area contributed by atoms with Gasteiger partial charge >= 0.3 is 18.2 Å². The predicted molar refractivity (Wildman–Crippen MR) is 140 cm³/mol. The van der Waals surface area contributed by atoms with Crippen molar-refractivity contribution in [3.05, 3.63) is 71.6 Å². The maximum absolute atomic E-state index is 15.5. The van der Waals surface area contributed by atoms with Crippen molar-refractivity contribution in [2.75, 3.05) is 10.7 Å². The Bertz CT molecular complexity index is 1920. The number of rotatable bonds is 5. The molecule has 2 aromatic carbocycles. The summed E-state index contributed by atoms with van der Waals surface area (Å²) in [6.45, 7) is -0.322. The Hall–Kier alpha value is -4.45. The fourth-order valence-electron chi connectivity index (χ4n) is 5.06. The van der Waals surface area contributed by atoms with Crippen LogP contribution in [0.15, 0.2) is 58.1 Å². The summed E-state index contributed by atoms with van der Waals surface area (Å²) < 4.78 is 126. The molecule has 3 heterocycles. The standard InChI is InChI=1S/C27H19F7N6O4S/c28-17-9-20-19(8-16(17)15-7-21(38-36-10-15)25(5-6-25)27(32,33)34)40(23(41)18(35)12-45(20,42)43)11-13-1-3-14(4-2-13)22-37-24(44-39-22)26(29,30)31/h1-4,7-10,18H,5-6,11-12,35H2/t18-/m0/s1. The molecule has 236 valence electrons. The number of halogens is 7. The Kier molecular flexibility index (Phi) is 7.00. The molecule has 1 aliphatic heterocycles. The summed E-state index contributed by atoms with van der Waals surface area (Å²) in [5.41, 5.74) is 3.01. The molecular formula is C27H19F7N6O4S. The van der Waals surface area contributed by atoms with Crippen LogP contribution in [0.5, 0.6) is 0 Å². The fourth-order valence-corrected chi connectivity index (χ4v) is 6.63. The van der Waals surface area contributed by atoms with Gasteiger partial charge in [-0.1, -0.05) is 29.4 Å². The Morgan fingerprint density at radius 2 is 1.71 bits per heavy atom. The number of amides is 1. The Balaban J connectivity index is 1.40. The van der Waals surface area contributed by atoms with Crippen molar-refractivity contribution >= 4 is 21.4 Å². The minimum Gasteiger partial charge on any atom is -0.329 e. The van der Waals surface area contributed by atoms with Crippen LogP contribution in [0.25, 0.3) is 22.5 Å². The molecule has 6 rings (SSSR count). The summed E-state index contributed by atoms with van der Waals surface area (Å²) in [6, 6.07) is 6.68. The summed E-state index contributed by atoms with van der Waals surface area (Å²) in [5, 5.41) is 10.5. The number of hydrogen-bond donors (Lipinski definition) is 1.